The molecule has 0 radical (unpaired) electrons. The number of piperidine rings is 1. The summed E-state index contributed by atoms with van der Waals surface area (Å²) in [5, 5.41) is 6.67. The summed E-state index contributed by atoms with van der Waals surface area (Å²) in [6, 6.07) is 12.5. The van der Waals surface area contributed by atoms with E-state index in [0.29, 0.717) is 13.0 Å². The molecule has 0 atom stereocenters. The highest BCUT2D eigenvalue weighted by molar-refractivity contribution is 14.0. The molecule has 146 valence electrons. The van der Waals surface area contributed by atoms with Crippen LogP contribution in [0.1, 0.15) is 34.6 Å². The molecule has 5 nitrogen and oxygen atoms in total. The van der Waals surface area contributed by atoms with Gasteiger partial charge in [-0.05, 0) is 49.6 Å². The lowest BCUT2D eigenvalue weighted by Gasteiger charge is -2.26. The van der Waals surface area contributed by atoms with E-state index in [-0.39, 0.29) is 29.9 Å². The lowest BCUT2D eigenvalue weighted by Crippen LogP contribution is -2.36. The zero-order valence-electron chi connectivity index (χ0n) is 15.8. The Morgan fingerprint density at radius 2 is 1.85 bits per heavy atom. The van der Waals surface area contributed by atoms with Gasteiger partial charge in [0.2, 0.25) is 5.91 Å². The minimum atomic E-state index is 0. The van der Waals surface area contributed by atoms with Crippen LogP contribution < -0.4 is 15.5 Å². The molecule has 2 heterocycles. The molecule has 1 aliphatic heterocycles. The molecule has 27 heavy (non-hydrogen) atoms. The zero-order valence-corrected chi connectivity index (χ0v) is 19.0. The number of anilines is 1. The molecule has 2 N–H and O–H groups in total. The Labute approximate surface area is 182 Å². The Balaban J connectivity index is 0.00000261. The number of guanidine groups is 1. The van der Waals surface area contributed by atoms with Gasteiger partial charge < -0.3 is 15.5 Å². The third kappa shape index (κ3) is 6.21. The SMILES string of the molecule is CN=C(NCc1ccc(N2CCCCC2=O)cc1)NCc1ccc(C)s1.I. The van der Waals surface area contributed by atoms with Crippen LogP contribution >= 0.6 is 35.3 Å². The third-order valence-electron chi connectivity index (χ3n) is 4.48. The summed E-state index contributed by atoms with van der Waals surface area (Å²) < 4.78 is 0. The number of nitrogens with zero attached hydrogens (tertiary/aromatic N) is 2. The molecule has 1 amide bonds. The first kappa shape index (κ1) is 21.7. The van der Waals surface area contributed by atoms with Crippen molar-refractivity contribution in [1.82, 2.24) is 10.6 Å². The van der Waals surface area contributed by atoms with Crippen LogP contribution in [0, 0.1) is 6.92 Å². The number of carbonyl (C=O) groups is 1. The van der Waals surface area contributed by atoms with Gasteiger partial charge in [0.05, 0.1) is 6.54 Å². The molecule has 0 bridgehead atoms. The fourth-order valence-corrected chi connectivity index (χ4v) is 3.86. The van der Waals surface area contributed by atoms with Gasteiger partial charge in [-0.3, -0.25) is 9.79 Å². The Morgan fingerprint density at radius 1 is 1.11 bits per heavy atom. The first-order valence-corrected chi connectivity index (χ1v) is 9.86. The van der Waals surface area contributed by atoms with Crippen LogP contribution in [0.15, 0.2) is 41.4 Å². The highest BCUT2D eigenvalue weighted by Crippen LogP contribution is 2.21. The van der Waals surface area contributed by atoms with Crippen molar-refractivity contribution in [2.24, 2.45) is 4.99 Å². The second-order valence-electron chi connectivity index (χ2n) is 6.46. The maximum absolute atomic E-state index is 12.0. The van der Waals surface area contributed by atoms with Gasteiger partial charge in [0.1, 0.15) is 0 Å². The van der Waals surface area contributed by atoms with Crippen molar-refractivity contribution in [2.45, 2.75) is 39.3 Å². The van der Waals surface area contributed by atoms with Gasteiger partial charge in [0.15, 0.2) is 5.96 Å². The molecule has 0 aliphatic carbocycles. The number of rotatable bonds is 5. The van der Waals surface area contributed by atoms with Gasteiger partial charge in [-0.25, -0.2) is 0 Å². The van der Waals surface area contributed by atoms with Crippen LogP contribution in [0.5, 0.6) is 0 Å². The van der Waals surface area contributed by atoms with Gasteiger partial charge >= 0.3 is 0 Å². The monoisotopic (exact) mass is 498 g/mol. The van der Waals surface area contributed by atoms with Crippen molar-refractivity contribution in [3.05, 3.63) is 51.7 Å². The number of aliphatic imine (C=N–C) groups is 1. The normalized spacial score (nSPS) is 14.7. The summed E-state index contributed by atoms with van der Waals surface area (Å²) in [6.07, 6.45) is 2.75. The summed E-state index contributed by atoms with van der Waals surface area (Å²) >= 11 is 1.79. The molecule has 0 unspecified atom stereocenters. The number of halogens is 1. The number of nitrogens with one attached hydrogen (secondary N) is 2. The molecule has 7 heteroatoms. The van der Waals surface area contributed by atoms with E-state index in [2.05, 4.69) is 46.8 Å². The van der Waals surface area contributed by atoms with E-state index in [1.54, 1.807) is 18.4 Å². The largest absolute Gasteiger partial charge is 0.352 e. The topological polar surface area (TPSA) is 56.7 Å². The van der Waals surface area contributed by atoms with Gasteiger partial charge in [0.25, 0.3) is 0 Å². The van der Waals surface area contributed by atoms with Crippen molar-refractivity contribution in [3.8, 4) is 0 Å². The standard InChI is InChI=1S/C20H26N4OS.HI/c1-15-6-11-18(26-15)14-23-20(21-2)22-13-16-7-9-17(10-8-16)24-12-4-3-5-19(24)25;/h6-11H,3-5,12-14H2,1-2H3,(H2,21,22,23);1H. The van der Waals surface area contributed by atoms with Crippen LogP contribution in [0.3, 0.4) is 0 Å². The van der Waals surface area contributed by atoms with Gasteiger partial charge in [-0.2, -0.15) is 0 Å². The molecule has 1 aliphatic rings. The van der Waals surface area contributed by atoms with Crippen molar-refractivity contribution in [3.63, 3.8) is 0 Å². The summed E-state index contributed by atoms with van der Waals surface area (Å²) in [6.45, 7) is 4.41. The maximum atomic E-state index is 12.0. The Kier molecular flexibility index (Phi) is 8.56. The van der Waals surface area contributed by atoms with Crippen LogP contribution in [0.2, 0.25) is 0 Å². The number of hydrogen-bond acceptors (Lipinski definition) is 3. The van der Waals surface area contributed by atoms with Crippen LogP contribution in [0.4, 0.5) is 5.69 Å². The molecular formula is C20H27IN4OS. The third-order valence-corrected chi connectivity index (χ3v) is 5.48. The number of benzene rings is 1. The minimum Gasteiger partial charge on any atom is -0.352 e. The van der Waals surface area contributed by atoms with E-state index in [1.807, 2.05) is 17.0 Å². The fourth-order valence-electron chi connectivity index (χ4n) is 3.03. The van der Waals surface area contributed by atoms with Crippen molar-refractivity contribution < 1.29 is 4.79 Å². The average Bonchev–Trinajstić information content (AvgIpc) is 3.08. The highest BCUT2D eigenvalue weighted by Gasteiger charge is 2.19. The maximum Gasteiger partial charge on any atom is 0.226 e. The molecule has 3 rings (SSSR count). The van der Waals surface area contributed by atoms with Crippen LogP contribution in [0.25, 0.3) is 0 Å². The van der Waals surface area contributed by atoms with Crippen molar-refractivity contribution in [1.29, 1.82) is 0 Å². The molecular weight excluding hydrogens is 471 g/mol. The predicted octanol–water partition coefficient (Wildman–Crippen LogP) is 4.06. The zero-order chi connectivity index (χ0) is 18.4. The van der Waals surface area contributed by atoms with E-state index in [1.165, 1.54) is 9.75 Å². The lowest BCUT2D eigenvalue weighted by molar-refractivity contribution is -0.119. The van der Waals surface area contributed by atoms with E-state index >= 15 is 0 Å². The first-order valence-electron chi connectivity index (χ1n) is 9.05. The van der Waals surface area contributed by atoms with Crippen LogP contribution in [-0.4, -0.2) is 25.5 Å². The summed E-state index contributed by atoms with van der Waals surface area (Å²) in [5.41, 5.74) is 2.15. The highest BCUT2D eigenvalue weighted by atomic mass is 127. The summed E-state index contributed by atoms with van der Waals surface area (Å²) in [7, 11) is 1.78. The second-order valence-corrected chi connectivity index (χ2v) is 7.83. The number of carbonyl (C=O) groups excluding carboxylic acids is 1. The second kappa shape index (κ2) is 10.7. The fraction of sp³-hybridized carbons (Fsp3) is 0.400. The molecule has 0 saturated carbocycles. The summed E-state index contributed by atoms with van der Waals surface area (Å²) in [5.74, 6) is 1.02. The Hall–Kier alpha value is -1.61. The van der Waals surface area contributed by atoms with Crippen molar-refractivity contribution >= 4 is 52.9 Å². The van der Waals surface area contributed by atoms with E-state index in [4.69, 9.17) is 0 Å². The lowest BCUT2D eigenvalue weighted by atomic mass is 10.1. The van der Waals surface area contributed by atoms with E-state index < -0.39 is 0 Å². The number of aryl methyl sites for hydroxylation is 1. The smallest absolute Gasteiger partial charge is 0.226 e. The quantitative estimate of drug-likeness (QED) is 0.372. The van der Waals surface area contributed by atoms with E-state index in [0.717, 1.165) is 43.1 Å². The van der Waals surface area contributed by atoms with Gasteiger partial charge in [0, 0.05) is 42.0 Å². The Morgan fingerprint density at radius 3 is 2.48 bits per heavy atom. The number of amides is 1. The molecule has 1 aromatic carbocycles. The number of hydrogen-bond donors (Lipinski definition) is 2. The van der Waals surface area contributed by atoms with Gasteiger partial charge in [-0.1, -0.05) is 12.1 Å². The minimum absolute atomic E-state index is 0. The molecule has 1 aromatic heterocycles. The molecule has 1 fully saturated rings. The predicted molar refractivity (Wildman–Crippen MR) is 124 cm³/mol. The average molecular weight is 498 g/mol. The molecule has 2 aromatic rings. The summed E-state index contributed by atoms with van der Waals surface area (Å²) in [4.78, 5) is 20.8. The van der Waals surface area contributed by atoms with E-state index in [9.17, 15) is 4.79 Å². The Bertz CT molecular complexity index is 773. The molecule has 1 saturated heterocycles. The molecule has 0 spiro atoms. The van der Waals surface area contributed by atoms with Crippen LogP contribution in [-0.2, 0) is 17.9 Å². The number of thiophene rings is 1. The van der Waals surface area contributed by atoms with Gasteiger partial charge in [-0.15, -0.1) is 35.3 Å². The first-order chi connectivity index (χ1) is 12.7. The van der Waals surface area contributed by atoms with Crippen molar-refractivity contribution in [2.75, 3.05) is 18.5 Å².